The first-order valence-electron chi connectivity index (χ1n) is 7.12. The van der Waals surface area contributed by atoms with Gasteiger partial charge in [0.15, 0.2) is 0 Å². The molecular weight excluding hydrogens is 284 g/mol. The van der Waals surface area contributed by atoms with Gasteiger partial charge in [-0.2, -0.15) is 0 Å². The number of amides is 3. The van der Waals surface area contributed by atoms with Crippen molar-refractivity contribution in [2.75, 3.05) is 7.05 Å². The summed E-state index contributed by atoms with van der Waals surface area (Å²) in [6, 6.07) is 4.87. The molecule has 3 amide bonds. The molecule has 0 unspecified atom stereocenters. The van der Waals surface area contributed by atoms with Gasteiger partial charge in [0, 0.05) is 12.4 Å². The van der Waals surface area contributed by atoms with Crippen molar-refractivity contribution in [1.29, 1.82) is 0 Å². The summed E-state index contributed by atoms with van der Waals surface area (Å²) in [5, 5.41) is 3.32. The van der Waals surface area contributed by atoms with E-state index in [1.54, 1.807) is 0 Å². The molecule has 114 valence electrons. The quantitative estimate of drug-likeness (QED) is 0.871. The number of aryl methyl sites for hydroxylation is 1. The predicted octanol–water partition coefficient (Wildman–Crippen LogP) is 1.48. The molecule has 0 bridgehead atoms. The fourth-order valence-electron chi connectivity index (χ4n) is 2.58. The lowest BCUT2D eigenvalue weighted by Crippen LogP contribution is -2.40. The van der Waals surface area contributed by atoms with Crippen molar-refractivity contribution in [3.63, 3.8) is 0 Å². The van der Waals surface area contributed by atoms with E-state index in [2.05, 4.69) is 5.32 Å². The number of nitrogens with one attached hydrogen (secondary N) is 1. The minimum Gasteiger partial charge on any atom is -0.463 e. The average Bonchev–Trinajstić information content (AvgIpc) is 3.04. The van der Waals surface area contributed by atoms with Crippen LogP contribution < -0.4 is 5.32 Å². The summed E-state index contributed by atoms with van der Waals surface area (Å²) in [7, 11) is 1.41. The van der Waals surface area contributed by atoms with Crippen LogP contribution >= 0.6 is 0 Å². The smallest absolute Gasteiger partial charge is 0.255 e. The van der Waals surface area contributed by atoms with Gasteiger partial charge in [-0.25, -0.2) is 0 Å². The number of benzene rings is 1. The van der Waals surface area contributed by atoms with E-state index < -0.39 is 11.9 Å². The maximum absolute atomic E-state index is 12.4. The zero-order chi connectivity index (χ0) is 15.9. The van der Waals surface area contributed by atoms with Crippen LogP contribution in [0.15, 0.2) is 28.9 Å². The summed E-state index contributed by atoms with van der Waals surface area (Å²) in [6.45, 7) is 2.03. The van der Waals surface area contributed by atoms with E-state index in [0.29, 0.717) is 16.5 Å². The third-order valence-electron chi connectivity index (χ3n) is 3.98. The van der Waals surface area contributed by atoms with Crippen LogP contribution in [0.2, 0.25) is 0 Å². The van der Waals surface area contributed by atoms with Gasteiger partial charge in [-0.1, -0.05) is 13.0 Å². The van der Waals surface area contributed by atoms with Crippen LogP contribution in [0.5, 0.6) is 0 Å². The minimum atomic E-state index is -0.802. The van der Waals surface area contributed by atoms with Crippen LogP contribution in [-0.2, 0) is 16.0 Å². The zero-order valence-corrected chi connectivity index (χ0v) is 12.4. The molecule has 0 radical (unpaired) electrons. The number of carbonyl (C=O) groups is 3. The number of fused-ring (bicyclic) bond motifs is 1. The van der Waals surface area contributed by atoms with Gasteiger partial charge in [0.2, 0.25) is 5.91 Å². The van der Waals surface area contributed by atoms with Crippen LogP contribution in [0.25, 0.3) is 11.0 Å². The van der Waals surface area contributed by atoms with Crippen molar-refractivity contribution in [2.45, 2.75) is 25.8 Å². The topological polar surface area (TPSA) is 79.6 Å². The fraction of sp³-hybridized carbons (Fsp3) is 0.312. The summed E-state index contributed by atoms with van der Waals surface area (Å²) in [5.74, 6) is -1.09. The van der Waals surface area contributed by atoms with Crippen molar-refractivity contribution in [2.24, 2.45) is 0 Å². The highest BCUT2D eigenvalue weighted by Gasteiger charge is 2.37. The number of imide groups is 1. The molecule has 1 aromatic carbocycles. The van der Waals surface area contributed by atoms with Gasteiger partial charge in [-0.15, -0.1) is 0 Å². The normalized spacial score (nSPS) is 18.3. The fourth-order valence-corrected chi connectivity index (χ4v) is 2.58. The van der Waals surface area contributed by atoms with E-state index in [4.69, 9.17) is 4.42 Å². The molecule has 0 saturated carbocycles. The number of likely N-dealkylation sites (tertiary alicyclic amines) is 1. The average molecular weight is 300 g/mol. The molecule has 1 aromatic heterocycles. The van der Waals surface area contributed by atoms with Crippen molar-refractivity contribution >= 4 is 28.7 Å². The number of furan rings is 1. The van der Waals surface area contributed by atoms with Gasteiger partial charge in [-0.05, 0) is 24.1 Å². The van der Waals surface area contributed by atoms with Crippen molar-refractivity contribution < 1.29 is 18.8 Å². The van der Waals surface area contributed by atoms with Gasteiger partial charge >= 0.3 is 0 Å². The van der Waals surface area contributed by atoms with E-state index in [1.165, 1.54) is 13.3 Å². The Morgan fingerprint density at radius 2 is 2.18 bits per heavy atom. The van der Waals surface area contributed by atoms with Gasteiger partial charge in [0.1, 0.15) is 17.9 Å². The lowest BCUT2D eigenvalue weighted by molar-refractivity contribution is -0.137. The van der Waals surface area contributed by atoms with Crippen LogP contribution in [0.1, 0.15) is 29.3 Å². The lowest BCUT2D eigenvalue weighted by atomic mass is 10.1. The van der Waals surface area contributed by atoms with E-state index in [-0.39, 0.29) is 18.2 Å². The second-order valence-corrected chi connectivity index (χ2v) is 5.35. The number of hydrogen-bond acceptors (Lipinski definition) is 4. The second-order valence-electron chi connectivity index (χ2n) is 5.35. The third-order valence-corrected chi connectivity index (χ3v) is 3.98. The molecule has 1 N–H and O–H groups in total. The van der Waals surface area contributed by atoms with Crippen LogP contribution in [0.3, 0.4) is 0 Å². The molecule has 3 rings (SSSR count). The Bertz CT molecular complexity index is 778. The lowest BCUT2D eigenvalue weighted by Gasteiger charge is -2.10. The van der Waals surface area contributed by atoms with Gasteiger partial charge in [0.25, 0.3) is 11.8 Å². The zero-order valence-electron chi connectivity index (χ0n) is 12.4. The standard InChI is InChI=1S/C16H16N2O4/c1-3-9-4-5-13-10(6-9)11(8-22-13)15(20)17-12-7-14(19)18(2)16(12)21/h4-6,8,12H,3,7H2,1-2H3,(H,17,20)/t12-/m1/s1. The minimum absolute atomic E-state index is 0.00291. The summed E-state index contributed by atoms with van der Waals surface area (Å²) in [5.41, 5.74) is 2.09. The maximum Gasteiger partial charge on any atom is 0.255 e. The Morgan fingerprint density at radius 1 is 1.41 bits per heavy atom. The molecule has 2 aromatic rings. The molecule has 0 spiro atoms. The number of rotatable bonds is 3. The van der Waals surface area contributed by atoms with Crippen molar-refractivity contribution in [3.05, 3.63) is 35.6 Å². The molecule has 6 nitrogen and oxygen atoms in total. The van der Waals surface area contributed by atoms with Crippen LogP contribution in [-0.4, -0.2) is 35.7 Å². The number of carbonyl (C=O) groups excluding carboxylic acids is 3. The Labute approximate surface area is 127 Å². The Balaban J connectivity index is 1.87. The molecule has 1 atom stereocenters. The summed E-state index contributed by atoms with van der Waals surface area (Å²) >= 11 is 0. The molecule has 2 heterocycles. The molecule has 0 aliphatic carbocycles. The first-order valence-corrected chi connectivity index (χ1v) is 7.12. The summed E-state index contributed by atoms with van der Waals surface area (Å²) in [4.78, 5) is 36.8. The molecule has 22 heavy (non-hydrogen) atoms. The predicted molar refractivity (Wildman–Crippen MR) is 79.2 cm³/mol. The number of likely N-dealkylation sites (N-methyl/N-ethyl adjacent to an activating group) is 1. The summed E-state index contributed by atoms with van der Waals surface area (Å²) < 4.78 is 5.38. The molecule has 1 aliphatic rings. The Morgan fingerprint density at radius 3 is 2.82 bits per heavy atom. The van der Waals surface area contributed by atoms with E-state index in [9.17, 15) is 14.4 Å². The maximum atomic E-state index is 12.4. The highest BCUT2D eigenvalue weighted by molar-refractivity contribution is 6.10. The molecule has 1 fully saturated rings. The molecule has 1 saturated heterocycles. The highest BCUT2D eigenvalue weighted by atomic mass is 16.3. The van der Waals surface area contributed by atoms with Crippen molar-refractivity contribution in [1.82, 2.24) is 10.2 Å². The third kappa shape index (κ3) is 2.26. The highest BCUT2D eigenvalue weighted by Crippen LogP contribution is 2.23. The van der Waals surface area contributed by atoms with Gasteiger partial charge in [0.05, 0.1) is 12.0 Å². The Hall–Kier alpha value is -2.63. The monoisotopic (exact) mass is 300 g/mol. The van der Waals surface area contributed by atoms with Crippen LogP contribution in [0.4, 0.5) is 0 Å². The van der Waals surface area contributed by atoms with E-state index in [1.807, 2.05) is 25.1 Å². The molecule has 1 aliphatic heterocycles. The molecule has 6 heteroatoms. The second kappa shape index (κ2) is 5.29. The van der Waals surface area contributed by atoms with Crippen molar-refractivity contribution in [3.8, 4) is 0 Å². The largest absolute Gasteiger partial charge is 0.463 e. The van der Waals surface area contributed by atoms with Gasteiger partial charge < -0.3 is 9.73 Å². The summed E-state index contributed by atoms with van der Waals surface area (Å²) in [6.07, 6.45) is 2.23. The Kier molecular flexibility index (Phi) is 3.44. The first-order chi connectivity index (χ1) is 10.5. The molecular formula is C16H16N2O4. The number of hydrogen-bond donors (Lipinski definition) is 1. The number of nitrogens with zero attached hydrogens (tertiary/aromatic N) is 1. The van der Waals surface area contributed by atoms with E-state index in [0.717, 1.165) is 16.9 Å². The first kappa shape index (κ1) is 14.3. The SMILES string of the molecule is CCc1ccc2occ(C(=O)N[C@@H]3CC(=O)N(C)C3=O)c2c1. The van der Waals surface area contributed by atoms with Crippen LogP contribution in [0, 0.1) is 0 Å². The van der Waals surface area contributed by atoms with Gasteiger partial charge in [-0.3, -0.25) is 19.3 Å². The van der Waals surface area contributed by atoms with E-state index >= 15 is 0 Å².